The Morgan fingerprint density at radius 2 is 1.90 bits per heavy atom. The lowest BCUT2D eigenvalue weighted by Gasteiger charge is -2.22. The van der Waals surface area contributed by atoms with Crippen LogP contribution in [-0.4, -0.2) is 46.3 Å². The number of aryl methyl sites for hydroxylation is 1. The second kappa shape index (κ2) is 13.5. The fourth-order valence-electron chi connectivity index (χ4n) is 4.42. The van der Waals surface area contributed by atoms with Gasteiger partial charge in [0, 0.05) is 43.6 Å². The number of rotatable bonds is 12. The van der Waals surface area contributed by atoms with Gasteiger partial charge in [-0.1, -0.05) is 26.3 Å². The molecule has 0 bridgehead atoms. The molecule has 1 heterocycles. The van der Waals surface area contributed by atoms with E-state index in [0.717, 1.165) is 46.7 Å². The average Bonchev–Trinajstić information content (AvgIpc) is 3.66. The van der Waals surface area contributed by atoms with Crippen molar-refractivity contribution in [3.8, 4) is 5.88 Å². The van der Waals surface area contributed by atoms with Crippen LogP contribution >= 0.6 is 0 Å². The summed E-state index contributed by atoms with van der Waals surface area (Å²) in [7, 11) is 1.69. The van der Waals surface area contributed by atoms with Crippen LogP contribution in [0, 0.1) is 30.5 Å². The number of hydrogen-bond donors (Lipinski definition) is 3. The van der Waals surface area contributed by atoms with Crippen LogP contribution in [0.4, 0.5) is 10.1 Å². The highest BCUT2D eigenvalue weighted by atomic mass is 19.1. The zero-order valence-corrected chi connectivity index (χ0v) is 24.2. The first kappa shape index (κ1) is 30.0. The lowest BCUT2D eigenvalue weighted by Crippen LogP contribution is -2.22. The standard InChI is InChI=1S/C31H42FN5O2/c1-8-19(3)27(35-26-12-18(2)11-25(32)14-26)15-28(34-16-23-9-10-23)22(6)20(4)21(5)24(17-33-7)13-29-30(38)37-31(39)36-29/h11-14,17,19,22-23,38H,8-10,15-16H2,1-7H3,(H2,36,37,39)/b21-20?,24-13-,33-17?,34-28?,35-27?. The van der Waals surface area contributed by atoms with Gasteiger partial charge in [0.2, 0.25) is 5.88 Å². The Morgan fingerprint density at radius 1 is 1.18 bits per heavy atom. The number of hydrogen-bond acceptors (Lipinski definition) is 5. The molecule has 7 nitrogen and oxygen atoms in total. The Balaban J connectivity index is 2.02. The van der Waals surface area contributed by atoms with Gasteiger partial charge in [-0.05, 0) is 92.9 Å². The zero-order valence-electron chi connectivity index (χ0n) is 24.2. The van der Waals surface area contributed by atoms with Gasteiger partial charge in [0.15, 0.2) is 0 Å². The molecule has 0 saturated heterocycles. The van der Waals surface area contributed by atoms with E-state index in [1.807, 2.05) is 19.9 Å². The van der Waals surface area contributed by atoms with Crippen molar-refractivity contribution in [3.63, 3.8) is 0 Å². The van der Waals surface area contributed by atoms with Gasteiger partial charge in [0.1, 0.15) is 11.5 Å². The molecule has 2 unspecified atom stereocenters. The van der Waals surface area contributed by atoms with E-state index in [0.29, 0.717) is 23.7 Å². The average molecular weight is 536 g/mol. The van der Waals surface area contributed by atoms with Gasteiger partial charge in [-0.25, -0.2) is 9.18 Å². The molecule has 0 aliphatic heterocycles. The van der Waals surface area contributed by atoms with Gasteiger partial charge >= 0.3 is 5.69 Å². The minimum absolute atomic E-state index is 0.0137. The van der Waals surface area contributed by atoms with Crippen LogP contribution in [0.25, 0.3) is 6.08 Å². The first-order chi connectivity index (χ1) is 18.5. The molecule has 0 radical (unpaired) electrons. The number of nitrogens with one attached hydrogen (secondary N) is 2. The lowest BCUT2D eigenvalue weighted by molar-refractivity contribution is 0.454. The molecule has 1 aliphatic carbocycles. The van der Waals surface area contributed by atoms with Gasteiger partial charge in [0.05, 0.1) is 5.69 Å². The second-order valence-electron chi connectivity index (χ2n) is 10.7. The summed E-state index contributed by atoms with van der Waals surface area (Å²) in [6, 6.07) is 4.90. The van der Waals surface area contributed by atoms with Gasteiger partial charge < -0.3 is 10.1 Å². The Morgan fingerprint density at radius 3 is 2.46 bits per heavy atom. The molecule has 8 heteroatoms. The number of aromatic hydroxyl groups is 1. The van der Waals surface area contributed by atoms with E-state index in [2.05, 4.69) is 42.7 Å². The van der Waals surface area contributed by atoms with Crippen molar-refractivity contribution in [2.45, 2.75) is 67.2 Å². The summed E-state index contributed by atoms with van der Waals surface area (Å²) in [6.07, 6.45) is 7.39. The molecule has 1 aromatic carbocycles. The third-order valence-corrected chi connectivity index (χ3v) is 7.57. The summed E-state index contributed by atoms with van der Waals surface area (Å²) < 4.78 is 14.1. The number of nitrogens with zero attached hydrogens (tertiary/aromatic N) is 3. The third-order valence-electron chi connectivity index (χ3n) is 7.57. The maximum Gasteiger partial charge on any atom is 0.326 e. The molecule has 210 valence electrons. The molecule has 1 fully saturated rings. The second-order valence-corrected chi connectivity index (χ2v) is 10.7. The van der Waals surface area contributed by atoms with Crippen molar-refractivity contribution in [3.05, 3.63) is 62.5 Å². The normalized spacial score (nSPS) is 17.5. The highest BCUT2D eigenvalue weighted by molar-refractivity contribution is 6.08. The van der Waals surface area contributed by atoms with Crippen molar-refractivity contribution < 1.29 is 9.50 Å². The first-order valence-corrected chi connectivity index (χ1v) is 13.7. The first-order valence-electron chi connectivity index (χ1n) is 13.7. The molecule has 1 saturated carbocycles. The fraction of sp³-hybridized carbons (Fsp3) is 0.484. The van der Waals surface area contributed by atoms with Crippen LogP contribution in [0.2, 0.25) is 0 Å². The van der Waals surface area contributed by atoms with Crippen molar-refractivity contribution in [2.75, 3.05) is 13.6 Å². The highest BCUT2D eigenvalue weighted by Crippen LogP contribution is 2.31. The zero-order chi connectivity index (χ0) is 28.7. The van der Waals surface area contributed by atoms with E-state index in [9.17, 15) is 14.3 Å². The summed E-state index contributed by atoms with van der Waals surface area (Å²) in [5.74, 6) is 0.375. The number of halogens is 1. The monoisotopic (exact) mass is 535 g/mol. The molecule has 0 spiro atoms. The van der Waals surface area contributed by atoms with E-state index < -0.39 is 5.69 Å². The summed E-state index contributed by atoms with van der Waals surface area (Å²) in [5, 5.41) is 10.1. The minimum atomic E-state index is -0.474. The molecule has 0 amide bonds. The maximum atomic E-state index is 14.1. The summed E-state index contributed by atoms with van der Waals surface area (Å²) >= 11 is 0. The topological polar surface area (TPSA) is 106 Å². The van der Waals surface area contributed by atoms with E-state index in [4.69, 9.17) is 9.98 Å². The summed E-state index contributed by atoms with van der Waals surface area (Å²) in [5.41, 5.74) is 6.22. The molecular weight excluding hydrogens is 493 g/mol. The summed E-state index contributed by atoms with van der Waals surface area (Å²) in [4.78, 5) is 30.8. The predicted octanol–water partition coefficient (Wildman–Crippen LogP) is 6.97. The van der Waals surface area contributed by atoms with Gasteiger partial charge in [-0.15, -0.1) is 0 Å². The molecule has 1 aromatic heterocycles. The van der Waals surface area contributed by atoms with Crippen LogP contribution in [0.5, 0.6) is 5.88 Å². The van der Waals surface area contributed by atoms with E-state index >= 15 is 0 Å². The number of H-pyrrole nitrogens is 2. The van der Waals surface area contributed by atoms with E-state index in [1.165, 1.54) is 25.0 Å². The largest absolute Gasteiger partial charge is 0.493 e. The molecule has 2 aromatic rings. The SMILES string of the molecule is CCC(C)C(CC(=NCC1CC1)C(C)C(C)=C(C)/C(C=NC)=C\c1[nH]c(=O)[nH]c1O)=Nc1cc(C)cc(F)c1. The van der Waals surface area contributed by atoms with Crippen LogP contribution in [0.1, 0.15) is 71.6 Å². The van der Waals surface area contributed by atoms with Crippen molar-refractivity contribution in [2.24, 2.45) is 32.7 Å². The number of imidazole rings is 1. The highest BCUT2D eigenvalue weighted by Gasteiger charge is 2.24. The van der Waals surface area contributed by atoms with Crippen LogP contribution in [0.3, 0.4) is 0 Å². The Hall–Kier alpha value is -3.55. The molecule has 2 atom stereocenters. The van der Waals surface area contributed by atoms with Crippen molar-refractivity contribution in [1.29, 1.82) is 0 Å². The smallest absolute Gasteiger partial charge is 0.326 e. The van der Waals surface area contributed by atoms with Crippen LogP contribution in [0.15, 0.2) is 54.7 Å². The van der Waals surface area contributed by atoms with Gasteiger partial charge in [-0.3, -0.25) is 20.0 Å². The van der Waals surface area contributed by atoms with Gasteiger partial charge in [0.25, 0.3) is 0 Å². The van der Waals surface area contributed by atoms with Crippen molar-refractivity contribution >= 4 is 29.4 Å². The Bertz CT molecular complexity index is 1350. The number of aromatic amines is 2. The quantitative estimate of drug-likeness (QED) is 0.202. The number of allylic oxidation sites excluding steroid dienone is 3. The minimum Gasteiger partial charge on any atom is -0.493 e. The Kier molecular flexibility index (Phi) is 10.4. The van der Waals surface area contributed by atoms with Crippen LogP contribution < -0.4 is 5.69 Å². The molecule has 39 heavy (non-hydrogen) atoms. The maximum absolute atomic E-state index is 14.1. The van der Waals surface area contributed by atoms with Crippen molar-refractivity contribution in [1.82, 2.24) is 9.97 Å². The molecule has 3 N–H and O–H groups in total. The fourth-order valence-corrected chi connectivity index (χ4v) is 4.42. The molecule has 1 aliphatic rings. The lowest BCUT2D eigenvalue weighted by atomic mass is 9.86. The molecule has 3 rings (SSSR count). The number of aliphatic imine (C=N–C) groups is 3. The molecular formula is C31H42FN5O2. The summed E-state index contributed by atoms with van der Waals surface area (Å²) in [6.45, 7) is 13.2. The van der Waals surface area contributed by atoms with Crippen LogP contribution in [-0.2, 0) is 0 Å². The van der Waals surface area contributed by atoms with E-state index in [-0.39, 0.29) is 23.5 Å². The number of aromatic nitrogens is 2. The third kappa shape index (κ3) is 8.47. The number of benzene rings is 1. The van der Waals surface area contributed by atoms with E-state index in [1.54, 1.807) is 19.3 Å². The Labute approximate surface area is 230 Å². The van der Waals surface area contributed by atoms with Gasteiger partial charge in [-0.2, -0.15) is 0 Å². The predicted molar refractivity (Wildman–Crippen MR) is 160 cm³/mol.